The second-order valence-electron chi connectivity index (χ2n) is 7.53. The van der Waals surface area contributed by atoms with Crippen LogP contribution in [0.1, 0.15) is 28.9 Å². The van der Waals surface area contributed by atoms with Gasteiger partial charge in [0.05, 0.1) is 36.1 Å². The first-order valence-corrected chi connectivity index (χ1v) is 10.4. The quantitative estimate of drug-likeness (QED) is 0.771. The molecule has 1 atom stereocenters. The predicted octanol–water partition coefficient (Wildman–Crippen LogP) is 2.55. The normalized spacial score (nSPS) is 20.0. The summed E-state index contributed by atoms with van der Waals surface area (Å²) in [5.41, 5.74) is 1.80. The highest BCUT2D eigenvalue weighted by atomic mass is 35.5. The summed E-state index contributed by atoms with van der Waals surface area (Å²) in [5.74, 6) is -0.211. The molecule has 0 radical (unpaired) electrons. The molecule has 0 N–H and O–H groups in total. The van der Waals surface area contributed by atoms with Crippen LogP contribution in [0.3, 0.4) is 0 Å². The molecule has 8 heteroatoms. The molecule has 4 rings (SSSR count). The maximum Gasteiger partial charge on any atom is 0.258 e. The van der Waals surface area contributed by atoms with Gasteiger partial charge in [-0.3, -0.25) is 9.59 Å². The zero-order valence-electron chi connectivity index (χ0n) is 16.5. The van der Waals surface area contributed by atoms with Gasteiger partial charge in [-0.15, -0.1) is 0 Å². The molecule has 0 bridgehead atoms. The van der Waals surface area contributed by atoms with Crippen molar-refractivity contribution in [3.63, 3.8) is 0 Å². The molecule has 1 unspecified atom stereocenters. The van der Waals surface area contributed by atoms with Gasteiger partial charge in [0.15, 0.2) is 0 Å². The number of hydrogen-bond donors (Lipinski definition) is 0. The van der Waals surface area contributed by atoms with Gasteiger partial charge in [-0.05, 0) is 31.9 Å². The molecular weight excluding hydrogens is 392 g/mol. The van der Waals surface area contributed by atoms with Crippen LogP contribution in [0.4, 0.5) is 0 Å². The Morgan fingerprint density at radius 3 is 2.55 bits per heavy atom. The van der Waals surface area contributed by atoms with Crippen molar-refractivity contribution in [2.75, 3.05) is 39.4 Å². The van der Waals surface area contributed by atoms with E-state index in [9.17, 15) is 9.59 Å². The van der Waals surface area contributed by atoms with Crippen LogP contribution in [-0.4, -0.2) is 70.8 Å². The van der Waals surface area contributed by atoms with Crippen LogP contribution in [-0.2, 0) is 9.53 Å². The van der Waals surface area contributed by atoms with Crippen molar-refractivity contribution in [1.29, 1.82) is 0 Å². The number of hydrogen-bond acceptors (Lipinski definition) is 4. The third-order valence-corrected chi connectivity index (χ3v) is 5.95. The number of benzene rings is 1. The van der Waals surface area contributed by atoms with Crippen LogP contribution in [0.15, 0.2) is 30.3 Å². The number of para-hydroxylation sites is 1. The van der Waals surface area contributed by atoms with Crippen LogP contribution in [0.2, 0.25) is 5.15 Å². The van der Waals surface area contributed by atoms with Crippen LogP contribution in [0.25, 0.3) is 5.69 Å². The lowest BCUT2D eigenvalue weighted by Gasteiger charge is -2.36. The van der Waals surface area contributed by atoms with E-state index in [0.29, 0.717) is 55.8 Å². The summed E-state index contributed by atoms with van der Waals surface area (Å²) in [6, 6.07) is 9.50. The smallest absolute Gasteiger partial charge is 0.258 e. The fourth-order valence-corrected chi connectivity index (χ4v) is 4.40. The predicted molar refractivity (Wildman–Crippen MR) is 109 cm³/mol. The molecule has 154 valence electrons. The minimum Gasteiger partial charge on any atom is -0.378 e. The molecule has 2 saturated heterocycles. The summed E-state index contributed by atoms with van der Waals surface area (Å²) in [6.45, 7) is 5.23. The second kappa shape index (κ2) is 8.55. The maximum atomic E-state index is 13.3. The number of halogens is 1. The number of nitrogens with zero attached hydrogens (tertiary/aromatic N) is 4. The lowest BCUT2D eigenvalue weighted by molar-refractivity contribution is -0.141. The van der Waals surface area contributed by atoms with E-state index in [-0.39, 0.29) is 17.7 Å². The van der Waals surface area contributed by atoms with Gasteiger partial charge in [-0.25, -0.2) is 4.68 Å². The summed E-state index contributed by atoms with van der Waals surface area (Å²) < 4.78 is 6.92. The van der Waals surface area contributed by atoms with E-state index >= 15 is 0 Å². The summed E-state index contributed by atoms with van der Waals surface area (Å²) in [6.07, 6.45) is 1.60. The number of ether oxygens (including phenoxy) is 1. The minimum absolute atomic E-state index is 0.119. The van der Waals surface area contributed by atoms with Crippen LogP contribution in [0, 0.1) is 12.8 Å². The zero-order valence-corrected chi connectivity index (χ0v) is 17.3. The first-order chi connectivity index (χ1) is 14.1. The molecule has 29 heavy (non-hydrogen) atoms. The van der Waals surface area contributed by atoms with Crippen molar-refractivity contribution < 1.29 is 14.3 Å². The van der Waals surface area contributed by atoms with Gasteiger partial charge in [-0.1, -0.05) is 29.8 Å². The number of amides is 2. The molecule has 2 fully saturated rings. The number of carbonyl (C=O) groups is 2. The van der Waals surface area contributed by atoms with Gasteiger partial charge >= 0.3 is 0 Å². The van der Waals surface area contributed by atoms with Crippen LogP contribution >= 0.6 is 11.6 Å². The van der Waals surface area contributed by atoms with Gasteiger partial charge in [0.1, 0.15) is 5.15 Å². The summed E-state index contributed by atoms with van der Waals surface area (Å²) >= 11 is 6.56. The Morgan fingerprint density at radius 2 is 1.83 bits per heavy atom. The van der Waals surface area contributed by atoms with E-state index in [2.05, 4.69) is 5.10 Å². The molecule has 0 saturated carbocycles. The van der Waals surface area contributed by atoms with E-state index in [1.165, 1.54) is 0 Å². The van der Waals surface area contributed by atoms with Crippen molar-refractivity contribution in [2.24, 2.45) is 5.92 Å². The van der Waals surface area contributed by atoms with E-state index in [1.54, 1.807) is 16.5 Å². The SMILES string of the molecule is Cc1nn(-c2ccccc2)c(Cl)c1C(=O)N1CCCC(C(=O)N2CCOCC2)C1. The summed E-state index contributed by atoms with van der Waals surface area (Å²) in [5, 5.41) is 4.78. The molecule has 3 heterocycles. The Hall–Kier alpha value is -2.38. The first kappa shape index (κ1) is 19.9. The average molecular weight is 417 g/mol. The summed E-state index contributed by atoms with van der Waals surface area (Å²) in [4.78, 5) is 29.7. The third kappa shape index (κ3) is 4.02. The highest BCUT2D eigenvalue weighted by Gasteiger charge is 2.34. The van der Waals surface area contributed by atoms with Gasteiger partial charge in [0.25, 0.3) is 5.91 Å². The molecule has 1 aromatic carbocycles. The van der Waals surface area contributed by atoms with E-state index in [1.807, 2.05) is 35.2 Å². The molecular formula is C21H25ClN4O3. The van der Waals surface area contributed by atoms with Gasteiger partial charge < -0.3 is 14.5 Å². The third-order valence-electron chi connectivity index (χ3n) is 5.60. The monoisotopic (exact) mass is 416 g/mol. The Kier molecular flexibility index (Phi) is 5.87. The Balaban J connectivity index is 1.52. The highest BCUT2D eigenvalue weighted by Crippen LogP contribution is 2.27. The molecule has 0 spiro atoms. The topological polar surface area (TPSA) is 67.7 Å². The van der Waals surface area contributed by atoms with Crippen molar-refractivity contribution in [2.45, 2.75) is 19.8 Å². The minimum atomic E-state index is -0.172. The first-order valence-electron chi connectivity index (χ1n) is 10.0. The molecule has 2 aromatic rings. The maximum absolute atomic E-state index is 13.3. The lowest BCUT2D eigenvalue weighted by Crippen LogP contribution is -2.49. The fourth-order valence-electron chi connectivity index (χ4n) is 4.05. The van der Waals surface area contributed by atoms with Crippen molar-refractivity contribution in [3.8, 4) is 5.69 Å². The zero-order chi connectivity index (χ0) is 20.4. The molecule has 0 aliphatic carbocycles. The molecule has 2 aliphatic heterocycles. The average Bonchev–Trinajstić information content (AvgIpc) is 3.08. The van der Waals surface area contributed by atoms with Crippen LogP contribution in [0.5, 0.6) is 0 Å². The highest BCUT2D eigenvalue weighted by molar-refractivity contribution is 6.33. The number of carbonyl (C=O) groups excluding carboxylic acids is 2. The summed E-state index contributed by atoms with van der Waals surface area (Å²) in [7, 11) is 0. The molecule has 7 nitrogen and oxygen atoms in total. The molecule has 2 aliphatic rings. The lowest BCUT2D eigenvalue weighted by atomic mass is 9.95. The van der Waals surface area contributed by atoms with Crippen molar-refractivity contribution >= 4 is 23.4 Å². The number of piperidine rings is 1. The van der Waals surface area contributed by atoms with Gasteiger partial charge in [0.2, 0.25) is 5.91 Å². The number of likely N-dealkylation sites (tertiary alicyclic amines) is 1. The Labute approximate surface area is 175 Å². The van der Waals surface area contributed by atoms with Crippen molar-refractivity contribution in [1.82, 2.24) is 19.6 Å². The second-order valence-corrected chi connectivity index (χ2v) is 7.88. The number of morpholine rings is 1. The molecule has 2 amide bonds. The molecule has 1 aromatic heterocycles. The number of aryl methyl sites for hydroxylation is 1. The Bertz CT molecular complexity index is 893. The van der Waals surface area contributed by atoms with Crippen LogP contribution < -0.4 is 0 Å². The standard InChI is InChI=1S/C21H25ClN4O3/c1-15-18(19(22)26(23-15)17-7-3-2-4-8-17)21(28)25-9-5-6-16(14-25)20(27)24-10-12-29-13-11-24/h2-4,7-8,16H,5-6,9-14H2,1H3. The van der Waals surface area contributed by atoms with E-state index < -0.39 is 0 Å². The fraction of sp³-hybridized carbons (Fsp3) is 0.476. The van der Waals surface area contributed by atoms with Gasteiger partial charge in [0, 0.05) is 26.2 Å². The van der Waals surface area contributed by atoms with Crippen molar-refractivity contribution in [3.05, 3.63) is 46.7 Å². The number of aromatic nitrogens is 2. The van der Waals surface area contributed by atoms with Gasteiger partial charge in [-0.2, -0.15) is 5.10 Å². The number of rotatable bonds is 3. The largest absolute Gasteiger partial charge is 0.378 e. The Morgan fingerprint density at radius 1 is 1.10 bits per heavy atom. The van der Waals surface area contributed by atoms with E-state index in [0.717, 1.165) is 18.5 Å². The van der Waals surface area contributed by atoms with E-state index in [4.69, 9.17) is 16.3 Å².